The Morgan fingerprint density at radius 2 is 2.56 bits per heavy atom. The standard InChI is InChI=1S/C5H6ClNO2/c6-5-1-4(2-7-8)3-9-5/h1,3,7-8H,2H2. The summed E-state index contributed by atoms with van der Waals surface area (Å²) in [6.45, 7) is 0.357. The average Bonchev–Trinajstić information content (AvgIpc) is 2.17. The maximum atomic E-state index is 8.19. The third-order valence-electron chi connectivity index (χ3n) is 0.905. The number of nitrogens with one attached hydrogen (secondary N) is 1. The first kappa shape index (κ1) is 6.61. The first-order valence-electron chi connectivity index (χ1n) is 2.43. The molecule has 1 aromatic heterocycles. The highest BCUT2D eigenvalue weighted by Gasteiger charge is 1.95. The van der Waals surface area contributed by atoms with Crippen LogP contribution in [0.25, 0.3) is 0 Å². The van der Waals surface area contributed by atoms with Crippen LogP contribution in [0, 0.1) is 0 Å². The lowest BCUT2D eigenvalue weighted by atomic mass is 10.3. The summed E-state index contributed by atoms with van der Waals surface area (Å²) >= 11 is 5.42. The van der Waals surface area contributed by atoms with Crippen LogP contribution < -0.4 is 5.48 Å². The van der Waals surface area contributed by atoms with Gasteiger partial charge in [0.15, 0.2) is 5.22 Å². The molecule has 1 rings (SSSR count). The van der Waals surface area contributed by atoms with Gasteiger partial charge in [0.1, 0.15) is 0 Å². The molecule has 2 N–H and O–H groups in total. The second-order valence-electron chi connectivity index (χ2n) is 1.59. The Balaban J connectivity index is 2.61. The molecule has 0 aromatic carbocycles. The Morgan fingerprint density at radius 3 is 3.00 bits per heavy atom. The Hall–Kier alpha value is -0.510. The minimum Gasteiger partial charge on any atom is -0.453 e. The van der Waals surface area contributed by atoms with E-state index < -0.39 is 0 Å². The summed E-state index contributed by atoms with van der Waals surface area (Å²) in [5.41, 5.74) is 2.80. The van der Waals surface area contributed by atoms with Gasteiger partial charge in [-0.05, 0) is 11.6 Å². The van der Waals surface area contributed by atoms with Gasteiger partial charge in [0, 0.05) is 18.2 Å². The number of hydroxylamine groups is 1. The number of hydrogen-bond donors (Lipinski definition) is 2. The van der Waals surface area contributed by atoms with Crippen LogP contribution in [-0.4, -0.2) is 5.21 Å². The largest absolute Gasteiger partial charge is 0.453 e. The van der Waals surface area contributed by atoms with Crippen molar-refractivity contribution in [2.45, 2.75) is 6.54 Å². The van der Waals surface area contributed by atoms with Crippen molar-refractivity contribution in [3.8, 4) is 0 Å². The van der Waals surface area contributed by atoms with Gasteiger partial charge in [-0.2, -0.15) is 0 Å². The van der Waals surface area contributed by atoms with Crippen LogP contribution in [0.3, 0.4) is 0 Å². The molecule has 0 aliphatic heterocycles. The van der Waals surface area contributed by atoms with E-state index in [1.165, 1.54) is 6.26 Å². The molecule has 0 atom stereocenters. The van der Waals surface area contributed by atoms with E-state index >= 15 is 0 Å². The molecular weight excluding hydrogens is 142 g/mol. The predicted octanol–water partition coefficient (Wildman–Crippen LogP) is 1.41. The fourth-order valence-corrected chi connectivity index (χ4v) is 0.714. The van der Waals surface area contributed by atoms with Gasteiger partial charge in [-0.15, -0.1) is 0 Å². The molecule has 0 radical (unpaired) electrons. The van der Waals surface area contributed by atoms with Crippen molar-refractivity contribution < 1.29 is 9.62 Å². The minimum absolute atomic E-state index is 0.334. The van der Waals surface area contributed by atoms with Crippen LogP contribution in [0.2, 0.25) is 5.22 Å². The molecule has 1 heterocycles. The van der Waals surface area contributed by atoms with E-state index in [0.29, 0.717) is 11.8 Å². The lowest BCUT2D eigenvalue weighted by Gasteiger charge is -1.87. The van der Waals surface area contributed by atoms with Gasteiger partial charge in [-0.1, -0.05) is 0 Å². The first-order chi connectivity index (χ1) is 4.33. The van der Waals surface area contributed by atoms with Crippen molar-refractivity contribution in [1.82, 2.24) is 5.48 Å². The summed E-state index contributed by atoms with van der Waals surface area (Å²) in [6.07, 6.45) is 1.48. The molecule has 0 bridgehead atoms. The summed E-state index contributed by atoms with van der Waals surface area (Å²) < 4.78 is 4.73. The van der Waals surface area contributed by atoms with Gasteiger partial charge in [0.05, 0.1) is 6.26 Å². The maximum absolute atomic E-state index is 8.19. The lowest BCUT2D eigenvalue weighted by Crippen LogP contribution is -2.04. The molecule has 0 fully saturated rings. The zero-order chi connectivity index (χ0) is 6.69. The minimum atomic E-state index is 0.334. The zero-order valence-electron chi connectivity index (χ0n) is 4.60. The van der Waals surface area contributed by atoms with Crippen LogP contribution >= 0.6 is 11.6 Å². The third-order valence-corrected chi connectivity index (χ3v) is 1.10. The molecule has 4 heteroatoms. The summed E-state index contributed by atoms with van der Waals surface area (Å²) in [7, 11) is 0. The molecule has 3 nitrogen and oxygen atoms in total. The van der Waals surface area contributed by atoms with E-state index in [-0.39, 0.29) is 0 Å². The molecule has 0 aliphatic carbocycles. The Morgan fingerprint density at radius 1 is 1.78 bits per heavy atom. The second kappa shape index (κ2) is 2.87. The van der Waals surface area contributed by atoms with Crippen LogP contribution in [0.5, 0.6) is 0 Å². The Kier molecular flexibility index (Phi) is 2.10. The average molecular weight is 148 g/mol. The lowest BCUT2D eigenvalue weighted by molar-refractivity contribution is 0.161. The molecule has 1 aromatic rings. The Labute approximate surface area is 57.2 Å². The van der Waals surface area contributed by atoms with Crippen LogP contribution in [-0.2, 0) is 6.54 Å². The molecule has 9 heavy (non-hydrogen) atoms. The number of hydrogen-bond acceptors (Lipinski definition) is 3. The highest BCUT2D eigenvalue weighted by atomic mass is 35.5. The summed E-state index contributed by atoms with van der Waals surface area (Å²) in [5, 5.41) is 8.53. The van der Waals surface area contributed by atoms with E-state index in [4.69, 9.17) is 21.2 Å². The topological polar surface area (TPSA) is 45.4 Å². The normalized spacial score (nSPS) is 10.0. The SMILES string of the molecule is ONCc1coc(Cl)c1. The fourth-order valence-electron chi connectivity index (χ4n) is 0.530. The van der Waals surface area contributed by atoms with E-state index in [1.54, 1.807) is 6.07 Å². The van der Waals surface area contributed by atoms with Gasteiger partial charge < -0.3 is 9.62 Å². The molecule has 0 amide bonds. The van der Waals surface area contributed by atoms with Gasteiger partial charge in [-0.3, -0.25) is 0 Å². The van der Waals surface area contributed by atoms with E-state index in [1.807, 2.05) is 5.48 Å². The maximum Gasteiger partial charge on any atom is 0.193 e. The van der Waals surface area contributed by atoms with E-state index in [2.05, 4.69) is 0 Å². The van der Waals surface area contributed by atoms with Gasteiger partial charge in [0.2, 0.25) is 0 Å². The quantitative estimate of drug-likeness (QED) is 0.622. The van der Waals surface area contributed by atoms with Crippen molar-refractivity contribution in [2.24, 2.45) is 0 Å². The van der Waals surface area contributed by atoms with Crippen LogP contribution in [0.4, 0.5) is 0 Å². The smallest absolute Gasteiger partial charge is 0.193 e. The van der Waals surface area contributed by atoms with Crippen molar-refractivity contribution in [1.29, 1.82) is 0 Å². The number of rotatable bonds is 2. The molecule has 0 spiro atoms. The molecule has 0 saturated heterocycles. The van der Waals surface area contributed by atoms with Gasteiger partial charge in [0.25, 0.3) is 0 Å². The van der Waals surface area contributed by atoms with Gasteiger partial charge in [-0.25, -0.2) is 5.48 Å². The highest BCUT2D eigenvalue weighted by molar-refractivity contribution is 6.28. The third kappa shape index (κ3) is 1.71. The molecule has 50 valence electrons. The summed E-state index contributed by atoms with van der Waals surface area (Å²) in [5.74, 6) is 0. The first-order valence-corrected chi connectivity index (χ1v) is 2.80. The molecule has 0 unspecified atom stereocenters. The van der Waals surface area contributed by atoms with Crippen molar-refractivity contribution in [3.63, 3.8) is 0 Å². The fraction of sp³-hybridized carbons (Fsp3) is 0.200. The second-order valence-corrected chi connectivity index (χ2v) is 1.97. The molecule has 0 aliphatic rings. The molecule has 0 saturated carbocycles. The number of furan rings is 1. The van der Waals surface area contributed by atoms with E-state index in [0.717, 1.165) is 5.56 Å². The van der Waals surface area contributed by atoms with Crippen molar-refractivity contribution in [2.75, 3.05) is 0 Å². The van der Waals surface area contributed by atoms with E-state index in [9.17, 15) is 0 Å². The van der Waals surface area contributed by atoms with Crippen LogP contribution in [0.1, 0.15) is 5.56 Å². The number of halogens is 1. The summed E-state index contributed by atoms with van der Waals surface area (Å²) in [4.78, 5) is 0. The molecular formula is C5H6ClNO2. The monoisotopic (exact) mass is 147 g/mol. The van der Waals surface area contributed by atoms with Gasteiger partial charge >= 0.3 is 0 Å². The van der Waals surface area contributed by atoms with Crippen LogP contribution in [0.15, 0.2) is 16.7 Å². The van der Waals surface area contributed by atoms with Crippen molar-refractivity contribution in [3.05, 3.63) is 23.1 Å². The highest BCUT2D eigenvalue weighted by Crippen LogP contribution is 2.12. The Bertz CT molecular complexity index is 187. The predicted molar refractivity (Wildman–Crippen MR) is 32.3 cm³/mol. The zero-order valence-corrected chi connectivity index (χ0v) is 5.35. The summed E-state index contributed by atoms with van der Waals surface area (Å²) in [6, 6.07) is 1.63. The van der Waals surface area contributed by atoms with Crippen molar-refractivity contribution >= 4 is 11.6 Å².